The lowest BCUT2D eigenvalue weighted by molar-refractivity contribution is 0.0328. The standard InChI is InChI=1S/C23H26ClN5O/c1-16-11-13-23(14-12-16,28(3)21(30)18-7-5-4-6-8-18)22-25-26-27-29(22)19-10-9-17(2)20(24)15-19/h4-10,15-16H,11-14H2,1-3H3. The Morgan fingerprint density at radius 1 is 1.17 bits per heavy atom. The van der Waals surface area contributed by atoms with Crippen LogP contribution < -0.4 is 0 Å². The molecule has 0 unspecified atom stereocenters. The Balaban J connectivity index is 1.80. The second-order valence-electron chi connectivity index (χ2n) is 8.29. The van der Waals surface area contributed by atoms with Crippen LogP contribution in [0.4, 0.5) is 0 Å². The lowest BCUT2D eigenvalue weighted by atomic mass is 9.75. The van der Waals surface area contributed by atoms with E-state index in [1.54, 1.807) is 4.68 Å². The largest absolute Gasteiger partial charge is 0.329 e. The highest BCUT2D eigenvalue weighted by Gasteiger charge is 2.46. The van der Waals surface area contributed by atoms with Crippen molar-refractivity contribution in [3.8, 4) is 5.69 Å². The van der Waals surface area contributed by atoms with Crippen molar-refractivity contribution in [1.29, 1.82) is 0 Å². The fourth-order valence-electron chi connectivity index (χ4n) is 4.28. The minimum absolute atomic E-state index is 0.0263. The summed E-state index contributed by atoms with van der Waals surface area (Å²) in [5.41, 5.74) is 1.87. The Hall–Kier alpha value is -2.73. The van der Waals surface area contributed by atoms with Gasteiger partial charge in [-0.1, -0.05) is 42.8 Å². The van der Waals surface area contributed by atoms with Crippen molar-refractivity contribution in [1.82, 2.24) is 25.1 Å². The van der Waals surface area contributed by atoms with Gasteiger partial charge in [-0.3, -0.25) is 4.79 Å². The maximum absolute atomic E-state index is 13.4. The second-order valence-corrected chi connectivity index (χ2v) is 8.70. The summed E-state index contributed by atoms with van der Waals surface area (Å²) in [7, 11) is 1.87. The van der Waals surface area contributed by atoms with Gasteiger partial charge in [0, 0.05) is 17.6 Å². The molecular formula is C23H26ClN5O. The van der Waals surface area contributed by atoms with Crippen LogP contribution in [0.5, 0.6) is 0 Å². The zero-order valence-corrected chi connectivity index (χ0v) is 18.3. The third-order valence-corrected chi connectivity index (χ3v) is 6.76. The van der Waals surface area contributed by atoms with Gasteiger partial charge in [0.15, 0.2) is 5.82 Å². The number of amides is 1. The van der Waals surface area contributed by atoms with Gasteiger partial charge in [-0.15, -0.1) is 5.10 Å². The fraction of sp³-hybridized carbons (Fsp3) is 0.391. The molecule has 3 aromatic rings. The van der Waals surface area contributed by atoms with Gasteiger partial charge in [0.25, 0.3) is 5.91 Å². The number of halogens is 1. The monoisotopic (exact) mass is 423 g/mol. The third kappa shape index (κ3) is 3.60. The predicted molar refractivity (Wildman–Crippen MR) is 117 cm³/mol. The van der Waals surface area contributed by atoms with Crippen LogP contribution in [0, 0.1) is 12.8 Å². The van der Waals surface area contributed by atoms with Crippen molar-refractivity contribution in [3.05, 3.63) is 70.5 Å². The molecule has 1 saturated carbocycles. The van der Waals surface area contributed by atoms with E-state index >= 15 is 0 Å². The molecule has 30 heavy (non-hydrogen) atoms. The lowest BCUT2D eigenvalue weighted by Gasteiger charge is -2.44. The maximum atomic E-state index is 13.4. The molecule has 4 rings (SSSR count). The number of carbonyl (C=O) groups is 1. The van der Waals surface area contributed by atoms with Gasteiger partial charge in [-0.25, -0.2) is 0 Å². The van der Waals surface area contributed by atoms with Crippen LogP contribution in [0.3, 0.4) is 0 Å². The number of nitrogens with zero attached hydrogens (tertiary/aromatic N) is 5. The topological polar surface area (TPSA) is 63.9 Å². The summed E-state index contributed by atoms with van der Waals surface area (Å²) in [6.07, 6.45) is 3.63. The molecule has 1 fully saturated rings. The zero-order valence-electron chi connectivity index (χ0n) is 17.5. The first-order valence-corrected chi connectivity index (χ1v) is 10.7. The van der Waals surface area contributed by atoms with Gasteiger partial charge in [0.05, 0.1) is 5.69 Å². The van der Waals surface area contributed by atoms with Crippen molar-refractivity contribution >= 4 is 17.5 Å². The minimum Gasteiger partial charge on any atom is -0.329 e. The average Bonchev–Trinajstić information content (AvgIpc) is 3.26. The molecule has 0 aliphatic heterocycles. The summed E-state index contributed by atoms with van der Waals surface area (Å²) in [5.74, 6) is 1.26. The Morgan fingerprint density at radius 3 is 2.53 bits per heavy atom. The van der Waals surface area contributed by atoms with Crippen LogP contribution in [0.25, 0.3) is 5.69 Å². The number of rotatable bonds is 4. The molecule has 0 saturated heterocycles. The number of hydrogen-bond donors (Lipinski definition) is 0. The zero-order chi connectivity index (χ0) is 21.3. The van der Waals surface area contributed by atoms with Crippen molar-refractivity contribution in [2.24, 2.45) is 5.92 Å². The molecule has 156 valence electrons. The molecule has 0 N–H and O–H groups in total. The van der Waals surface area contributed by atoms with E-state index in [1.807, 2.05) is 67.4 Å². The molecule has 7 heteroatoms. The summed E-state index contributed by atoms with van der Waals surface area (Å²) in [4.78, 5) is 15.2. The first kappa shape index (κ1) is 20.5. The molecule has 0 radical (unpaired) electrons. The molecule has 0 spiro atoms. The molecule has 1 aliphatic carbocycles. The minimum atomic E-state index is -0.583. The molecule has 0 bridgehead atoms. The van der Waals surface area contributed by atoms with Crippen LogP contribution >= 0.6 is 11.6 Å². The fourth-order valence-corrected chi connectivity index (χ4v) is 4.46. The molecule has 6 nitrogen and oxygen atoms in total. The highest BCUT2D eigenvalue weighted by molar-refractivity contribution is 6.31. The Morgan fingerprint density at radius 2 is 1.87 bits per heavy atom. The molecule has 1 aromatic heterocycles. The quantitative estimate of drug-likeness (QED) is 0.604. The predicted octanol–water partition coefficient (Wildman–Crippen LogP) is 4.80. The first-order valence-electron chi connectivity index (χ1n) is 10.3. The summed E-state index contributed by atoms with van der Waals surface area (Å²) >= 11 is 6.37. The molecule has 1 aliphatic rings. The van der Waals surface area contributed by atoms with Gasteiger partial charge < -0.3 is 4.90 Å². The SMILES string of the molecule is Cc1ccc(-n2nnnc2C2(N(C)C(=O)c3ccccc3)CCC(C)CC2)cc1Cl. The van der Waals surface area contributed by atoms with Gasteiger partial charge >= 0.3 is 0 Å². The van der Waals surface area contributed by atoms with Crippen LogP contribution in [0.1, 0.15) is 54.4 Å². The smallest absolute Gasteiger partial charge is 0.254 e. The molecule has 1 heterocycles. The van der Waals surface area contributed by atoms with Gasteiger partial charge in [-0.05, 0) is 78.8 Å². The lowest BCUT2D eigenvalue weighted by Crippen LogP contribution is -2.50. The third-order valence-electron chi connectivity index (χ3n) is 6.35. The summed E-state index contributed by atoms with van der Waals surface area (Å²) in [6.45, 7) is 4.22. The normalized spacial score (nSPS) is 21.4. The number of benzene rings is 2. The second kappa shape index (κ2) is 8.19. The summed E-state index contributed by atoms with van der Waals surface area (Å²) in [5, 5.41) is 13.3. The van der Waals surface area contributed by atoms with E-state index in [4.69, 9.17) is 11.6 Å². The van der Waals surface area contributed by atoms with E-state index < -0.39 is 5.54 Å². The van der Waals surface area contributed by atoms with E-state index in [0.29, 0.717) is 22.3 Å². The van der Waals surface area contributed by atoms with E-state index in [0.717, 1.165) is 36.9 Å². The number of hydrogen-bond acceptors (Lipinski definition) is 4. The number of aromatic nitrogens is 4. The van der Waals surface area contributed by atoms with E-state index in [2.05, 4.69) is 22.4 Å². The van der Waals surface area contributed by atoms with Gasteiger partial charge in [-0.2, -0.15) is 4.68 Å². The van der Waals surface area contributed by atoms with Crippen molar-refractivity contribution in [3.63, 3.8) is 0 Å². The van der Waals surface area contributed by atoms with Gasteiger partial charge in [0.1, 0.15) is 5.54 Å². The average molecular weight is 424 g/mol. The summed E-state index contributed by atoms with van der Waals surface area (Å²) in [6, 6.07) is 15.2. The Kier molecular flexibility index (Phi) is 5.60. The van der Waals surface area contributed by atoms with Crippen LogP contribution in [0.2, 0.25) is 5.02 Å². The van der Waals surface area contributed by atoms with Crippen LogP contribution in [-0.4, -0.2) is 38.1 Å². The van der Waals surface area contributed by atoms with E-state index in [-0.39, 0.29) is 5.91 Å². The molecule has 0 atom stereocenters. The highest BCUT2D eigenvalue weighted by Crippen LogP contribution is 2.43. The van der Waals surface area contributed by atoms with Gasteiger partial charge in [0.2, 0.25) is 0 Å². The first-order chi connectivity index (χ1) is 14.4. The van der Waals surface area contributed by atoms with Crippen LogP contribution in [-0.2, 0) is 5.54 Å². The van der Waals surface area contributed by atoms with E-state index in [9.17, 15) is 4.79 Å². The van der Waals surface area contributed by atoms with Crippen LogP contribution in [0.15, 0.2) is 48.5 Å². The maximum Gasteiger partial charge on any atom is 0.254 e. The molecular weight excluding hydrogens is 398 g/mol. The van der Waals surface area contributed by atoms with Crippen molar-refractivity contribution in [2.75, 3.05) is 7.05 Å². The highest BCUT2D eigenvalue weighted by atomic mass is 35.5. The van der Waals surface area contributed by atoms with Crippen molar-refractivity contribution in [2.45, 2.75) is 45.1 Å². The number of aryl methyl sites for hydroxylation is 1. The molecule has 1 amide bonds. The van der Waals surface area contributed by atoms with Crippen molar-refractivity contribution < 1.29 is 4.79 Å². The number of tetrazole rings is 1. The number of carbonyl (C=O) groups excluding carboxylic acids is 1. The Bertz CT molecular complexity index is 1040. The van der Waals surface area contributed by atoms with E-state index in [1.165, 1.54) is 0 Å². The molecule has 2 aromatic carbocycles. The summed E-state index contributed by atoms with van der Waals surface area (Å²) < 4.78 is 1.73. The Labute approximate surface area is 181 Å².